The van der Waals surface area contributed by atoms with Crippen molar-refractivity contribution in [1.29, 1.82) is 0 Å². The number of benzene rings is 2. The van der Waals surface area contributed by atoms with Gasteiger partial charge >= 0.3 is 6.09 Å². The van der Waals surface area contributed by atoms with E-state index in [1.54, 1.807) is 69.3 Å². The Labute approximate surface area is 200 Å². The minimum Gasteiger partial charge on any atom is -0.444 e. The molecule has 3 rings (SSSR count). The summed E-state index contributed by atoms with van der Waals surface area (Å²) in [5.41, 5.74) is 1.17. The van der Waals surface area contributed by atoms with Gasteiger partial charge in [-0.05, 0) is 50.1 Å². The summed E-state index contributed by atoms with van der Waals surface area (Å²) < 4.78 is 38.0. The number of amides is 2. The fourth-order valence-corrected chi connectivity index (χ4v) is 5.00. The third kappa shape index (κ3) is 7.02. The lowest BCUT2D eigenvalue weighted by atomic mass is 10.1. The first-order chi connectivity index (χ1) is 16.1. The molecule has 1 saturated heterocycles. The normalized spacial score (nSPS) is 14.9. The Balaban J connectivity index is 1.59. The van der Waals surface area contributed by atoms with Gasteiger partial charge in [0, 0.05) is 31.7 Å². The summed E-state index contributed by atoms with van der Waals surface area (Å²) in [6.07, 6.45) is -0.514. The summed E-state index contributed by atoms with van der Waals surface area (Å²) in [5.74, 6) is -0.328. The van der Waals surface area contributed by atoms with Crippen molar-refractivity contribution >= 4 is 22.0 Å². The maximum Gasteiger partial charge on any atom is 0.407 e. The molecule has 10 heteroatoms. The molecule has 0 aromatic heterocycles. The van der Waals surface area contributed by atoms with Crippen molar-refractivity contribution in [3.63, 3.8) is 0 Å². The highest BCUT2D eigenvalue weighted by Crippen LogP contribution is 2.21. The summed E-state index contributed by atoms with van der Waals surface area (Å²) in [4.78, 5) is 24.6. The van der Waals surface area contributed by atoms with E-state index >= 15 is 0 Å². The maximum atomic E-state index is 13.1. The highest BCUT2D eigenvalue weighted by molar-refractivity contribution is 7.89. The smallest absolute Gasteiger partial charge is 0.407 e. The van der Waals surface area contributed by atoms with Crippen LogP contribution in [-0.2, 0) is 32.6 Å². The number of hydrogen-bond acceptors (Lipinski definition) is 6. The second-order valence-corrected chi connectivity index (χ2v) is 10.8. The molecule has 1 aliphatic rings. The van der Waals surface area contributed by atoms with Gasteiger partial charge in [0.15, 0.2) is 0 Å². The van der Waals surface area contributed by atoms with Crippen LogP contribution in [0.25, 0.3) is 0 Å². The molecular weight excluding hydrogens is 458 g/mol. The minimum absolute atomic E-state index is 0.0700. The number of nitrogens with one attached hydrogen (secondary N) is 2. The van der Waals surface area contributed by atoms with Crippen molar-refractivity contribution < 1.29 is 27.5 Å². The third-order valence-corrected chi connectivity index (χ3v) is 7.05. The van der Waals surface area contributed by atoms with Crippen molar-refractivity contribution in [2.45, 2.75) is 44.4 Å². The molecule has 0 bridgehead atoms. The summed E-state index contributed by atoms with van der Waals surface area (Å²) in [7, 11) is -3.68. The Kier molecular flexibility index (Phi) is 8.29. The molecule has 9 nitrogen and oxygen atoms in total. The Morgan fingerprint density at radius 2 is 1.62 bits per heavy atom. The van der Waals surface area contributed by atoms with Crippen LogP contribution in [0.15, 0.2) is 53.4 Å². The number of carbonyl (C=O) groups excluding carboxylic acids is 2. The zero-order valence-corrected chi connectivity index (χ0v) is 20.5. The van der Waals surface area contributed by atoms with Crippen LogP contribution < -0.4 is 10.6 Å². The molecule has 0 saturated carbocycles. The molecular formula is C24H31N3O6S. The molecule has 2 amide bonds. The Bertz CT molecular complexity index is 1100. The lowest BCUT2D eigenvalue weighted by molar-refractivity contribution is 0.0523. The van der Waals surface area contributed by atoms with Crippen molar-refractivity contribution in [3.8, 4) is 0 Å². The first-order valence-corrected chi connectivity index (χ1v) is 12.5. The lowest BCUT2D eigenvalue weighted by Crippen LogP contribution is -2.41. The summed E-state index contributed by atoms with van der Waals surface area (Å²) in [6, 6.07) is 13.4. The topological polar surface area (TPSA) is 114 Å². The van der Waals surface area contributed by atoms with E-state index in [-0.39, 0.29) is 23.9 Å². The van der Waals surface area contributed by atoms with Gasteiger partial charge in [-0.3, -0.25) is 4.79 Å². The SMILES string of the molecule is CC(C)(C)OC(=O)NCc1ccc(C(=O)NCc2ccccc2S(=O)(=O)N2CCOCC2)cc1. The zero-order valence-electron chi connectivity index (χ0n) is 19.7. The number of sulfonamides is 1. The molecule has 0 aliphatic carbocycles. The van der Waals surface area contributed by atoms with Gasteiger partial charge in [-0.25, -0.2) is 13.2 Å². The quantitative estimate of drug-likeness (QED) is 0.618. The van der Waals surface area contributed by atoms with Crippen molar-refractivity contribution in [2.75, 3.05) is 26.3 Å². The largest absolute Gasteiger partial charge is 0.444 e. The number of carbonyl (C=O) groups is 2. The van der Waals surface area contributed by atoms with Gasteiger partial charge in [0.25, 0.3) is 5.91 Å². The third-order valence-electron chi connectivity index (χ3n) is 5.05. The molecule has 1 aliphatic heterocycles. The average Bonchev–Trinajstić information content (AvgIpc) is 2.81. The van der Waals surface area contributed by atoms with Gasteiger partial charge in [0.2, 0.25) is 10.0 Å². The van der Waals surface area contributed by atoms with E-state index in [0.717, 1.165) is 5.56 Å². The van der Waals surface area contributed by atoms with Gasteiger partial charge in [-0.1, -0.05) is 30.3 Å². The number of alkyl carbamates (subject to hydrolysis) is 1. The highest BCUT2D eigenvalue weighted by Gasteiger charge is 2.28. The minimum atomic E-state index is -3.68. The van der Waals surface area contributed by atoms with Gasteiger partial charge in [-0.2, -0.15) is 4.31 Å². The van der Waals surface area contributed by atoms with E-state index in [9.17, 15) is 18.0 Å². The van der Waals surface area contributed by atoms with Gasteiger partial charge in [0.05, 0.1) is 18.1 Å². The molecule has 1 fully saturated rings. The van der Waals surface area contributed by atoms with E-state index in [1.165, 1.54) is 4.31 Å². The van der Waals surface area contributed by atoms with Crippen molar-refractivity contribution in [2.24, 2.45) is 0 Å². The molecule has 184 valence electrons. The standard InChI is InChI=1S/C24H31N3O6S/c1-24(2,3)33-23(29)26-16-18-8-10-19(11-9-18)22(28)25-17-20-6-4-5-7-21(20)34(30,31)27-12-14-32-15-13-27/h4-11H,12-17H2,1-3H3,(H,25,28)(H,26,29). The summed E-state index contributed by atoms with van der Waals surface area (Å²) >= 11 is 0. The van der Waals surface area contributed by atoms with Gasteiger partial charge in [-0.15, -0.1) is 0 Å². The number of hydrogen-bond donors (Lipinski definition) is 2. The van der Waals surface area contributed by atoms with E-state index < -0.39 is 21.7 Å². The van der Waals surface area contributed by atoms with E-state index in [2.05, 4.69) is 10.6 Å². The molecule has 1 heterocycles. The van der Waals surface area contributed by atoms with Crippen LogP contribution in [0.5, 0.6) is 0 Å². The highest BCUT2D eigenvalue weighted by atomic mass is 32.2. The second-order valence-electron chi connectivity index (χ2n) is 8.86. The van der Waals surface area contributed by atoms with E-state index in [1.807, 2.05) is 0 Å². The van der Waals surface area contributed by atoms with Gasteiger partial charge in [0.1, 0.15) is 5.60 Å². The summed E-state index contributed by atoms with van der Waals surface area (Å²) in [6.45, 7) is 7.03. The monoisotopic (exact) mass is 489 g/mol. The van der Waals surface area contributed by atoms with Crippen LogP contribution in [0, 0.1) is 0 Å². The number of rotatable bonds is 7. The average molecular weight is 490 g/mol. The maximum absolute atomic E-state index is 13.1. The fourth-order valence-electron chi connectivity index (χ4n) is 3.37. The first kappa shape index (κ1) is 25.7. The number of nitrogens with zero attached hydrogens (tertiary/aromatic N) is 1. The predicted octanol–water partition coefficient (Wildman–Crippen LogP) is 2.66. The van der Waals surface area contributed by atoms with Crippen LogP contribution in [0.1, 0.15) is 42.3 Å². The first-order valence-electron chi connectivity index (χ1n) is 11.1. The van der Waals surface area contributed by atoms with Crippen LogP contribution in [0.4, 0.5) is 4.79 Å². The summed E-state index contributed by atoms with van der Waals surface area (Å²) in [5, 5.41) is 5.46. The van der Waals surface area contributed by atoms with Crippen molar-refractivity contribution in [1.82, 2.24) is 14.9 Å². The molecule has 0 radical (unpaired) electrons. The van der Waals surface area contributed by atoms with Crippen LogP contribution in [0.3, 0.4) is 0 Å². The molecule has 0 atom stereocenters. The van der Waals surface area contributed by atoms with E-state index in [4.69, 9.17) is 9.47 Å². The molecule has 34 heavy (non-hydrogen) atoms. The fraction of sp³-hybridized carbons (Fsp3) is 0.417. The van der Waals surface area contributed by atoms with E-state index in [0.29, 0.717) is 37.4 Å². The molecule has 2 aromatic rings. The molecule has 2 N–H and O–H groups in total. The van der Waals surface area contributed by atoms with Crippen molar-refractivity contribution in [3.05, 3.63) is 65.2 Å². The Morgan fingerprint density at radius 1 is 0.971 bits per heavy atom. The zero-order chi connectivity index (χ0) is 24.8. The van der Waals surface area contributed by atoms with Crippen LogP contribution in [-0.4, -0.2) is 56.6 Å². The molecule has 0 spiro atoms. The Morgan fingerprint density at radius 3 is 2.26 bits per heavy atom. The molecule has 2 aromatic carbocycles. The van der Waals surface area contributed by atoms with Gasteiger partial charge < -0.3 is 20.1 Å². The van der Waals surface area contributed by atoms with Crippen LogP contribution in [0.2, 0.25) is 0 Å². The second kappa shape index (κ2) is 11.0. The number of ether oxygens (including phenoxy) is 2. The molecule has 0 unspecified atom stereocenters. The van der Waals surface area contributed by atoms with Crippen LogP contribution >= 0.6 is 0 Å². The number of morpholine rings is 1. The lowest BCUT2D eigenvalue weighted by Gasteiger charge is -2.27. The Hall–Kier alpha value is -2.95. The predicted molar refractivity (Wildman–Crippen MR) is 127 cm³/mol.